The molecule has 0 atom stereocenters. The average molecular weight is 347 g/mol. The Labute approximate surface area is 143 Å². The lowest BCUT2D eigenvalue weighted by Gasteiger charge is -2.11. The van der Waals surface area contributed by atoms with Crippen LogP contribution >= 0.6 is 23.2 Å². The molecule has 3 rings (SSSR count). The minimum absolute atomic E-state index is 0.389. The van der Waals surface area contributed by atoms with Gasteiger partial charge in [-0.3, -0.25) is 9.89 Å². The molecule has 0 amide bonds. The molecule has 0 saturated heterocycles. The Balaban J connectivity index is 1.87. The lowest BCUT2D eigenvalue weighted by molar-refractivity contribution is 0.112. The van der Waals surface area contributed by atoms with Crippen molar-refractivity contribution in [3.63, 3.8) is 0 Å². The number of carbonyl (C=O) groups excluding carboxylic acids is 1. The van der Waals surface area contributed by atoms with Gasteiger partial charge in [-0.1, -0.05) is 53.5 Å². The molecule has 2 aromatic carbocycles. The zero-order chi connectivity index (χ0) is 16.2. The fraction of sp³-hybridized carbons (Fsp3) is 0.0588. The Bertz CT molecular complexity index is 832. The van der Waals surface area contributed by atoms with Gasteiger partial charge in [0.1, 0.15) is 12.4 Å². The summed E-state index contributed by atoms with van der Waals surface area (Å²) >= 11 is 12.6. The second-order valence-corrected chi connectivity index (χ2v) is 5.67. The lowest BCUT2D eigenvalue weighted by Crippen LogP contribution is -1.96. The highest BCUT2D eigenvalue weighted by atomic mass is 35.5. The number of H-pyrrole nitrogens is 1. The number of hydrogen-bond donors (Lipinski definition) is 1. The smallest absolute Gasteiger partial charge is 0.153 e. The van der Waals surface area contributed by atoms with Crippen molar-refractivity contribution in [1.29, 1.82) is 0 Å². The molecule has 1 N–H and O–H groups in total. The van der Waals surface area contributed by atoms with Crippen molar-refractivity contribution >= 4 is 29.5 Å². The summed E-state index contributed by atoms with van der Waals surface area (Å²) in [5.74, 6) is 0.483. The summed E-state index contributed by atoms with van der Waals surface area (Å²) < 4.78 is 5.72. The van der Waals surface area contributed by atoms with Gasteiger partial charge in [-0.15, -0.1) is 0 Å². The second-order valence-electron chi connectivity index (χ2n) is 4.85. The number of aldehydes is 1. The van der Waals surface area contributed by atoms with Crippen molar-refractivity contribution in [3.8, 4) is 17.0 Å². The highest BCUT2D eigenvalue weighted by Crippen LogP contribution is 2.37. The van der Waals surface area contributed by atoms with Gasteiger partial charge in [0.15, 0.2) is 6.29 Å². The number of rotatable bonds is 5. The Morgan fingerprint density at radius 1 is 1.13 bits per heavy atom. The Kier molecular flexibility index (Phi) is 4.65. The number of hydrogen-bond acceptors (Lipinski definition) is 3. The van der Waals surface area contributed by atoms with Crippen LogP contribution in [0.2, 0.25) is 10.0 Å². The maximum absolute atomic E-state index is 11.0. The van der Waals surface area contributed by atoms with Crippen LogP contribution in [0.15, 0.2) is 48.7 Å². The Morgan fingerprint density at radius 3 is 2.65 bits per heavy atom. The third-order valence-electron chi connectivity index (χ3n) is 3.32. The average Bonchev–Trinajstić information content (AvgIpc) is 3.04. The number of carbonyl (C=O) groups is 1. The van der Waals surface area contributed by atoms with Gasteiger partial charge in [-0.25, -0.2) is 0 Å². The van der Waals surface area contributed by atoms with E-state index >= 15 is 0 Å². The monoisotopic (exact) mass is 346 g/mol. The summed E-state index contributed by atoms with van der Waals surface area (Å²) in [4.78, 5) is 11.0. The predicted molar refractivity (Wildman–Crippen MR) is 90.2 cm³/mol. The van der Waals surface area contributed by atoms with Gasteiger partial charge < -0.3 is 4.74 Å². The lowest BCUT2D eigenvalue weighted by atomic mass is 10.1. The molecule has 0 aliphatic heterocycles. The molecule has 23 heavy (non-hydrogen) atoms. The van der Waals surface area contributed by atoms with E-state index in [0.29, 0.717) is 45.5 Å². The first-order valence-electron chi connectivity index (χ1n) is 6.83. The van der Waals surface area contributed by atoms with E-state index in [-0.39, 0.29) is 0 Å². The van der Waals surface area contributed by atoms with E-state index in [1.165, 1.54) is 6.20 Å². The third-order valence-corrected chi connectivity index (χ3v) is 3.93. The molecule has 3 aromatic rings. The molecular formula is C17H12Cl2N2O2. The fourth-order valence-electron chi connectivity index (χ4n) is 2.17. The number of nitrogens with one attached hydrogen (secondary N) is 1. The molecule has 6 heteroatoms. The third kappa shape index (κ3) is 3.38. The minimum atomic E-state index is 0.389. The van der Waals surface area contributed by atoms with Crippen LogP contribution in [-0.4, -0.2) is 16.5 Å². The highest BCUT2D eigenvalue weighted by Gasteiger charge is 2.14. The molecule has 4 nitrogen and oxygen atoms in total. The zero-order valence-corrected chi connectivity index (χ0v) is 13.4. The van der Waals surface area contributed by atoms with Crippen LogP contribution in [0.5, 0.6) is 5.75 Å². The standard InChI is InChI=1S/C17H12Cl2N2O2/c18-14-7-16(23-10-11-4-2-1-3-5-11)15(19)6-13(14)17-12(9-22)8-20-21-17/h1-9H,10H2,(H,20,21). The number of halogens is 2. The summed E-state index contributed by atoms with van der Waals surface area (Å²) in [6.07, 6.45) is 2.15. The number of nitrogens with zero attached hydrogens (tertiary/aromatic N) is 1. The zero-order valence-electron chi connectivity index (χ0n) is 11.9. The number of ether oxygens (including phenoxy) is 1. The van der Waals surface area contributed by atoms with E-state index in [1.54, 1.807) is 12.1 Å². The summed E-state index contributed by atoms with van der Waals surface area (Å²) in [5.41, 5.74) is 2.58. The topological polar surface area (TPSA) is 55.0 Å². The molecular weight excluding hydrogens is 335 g/mol. The maximum Gasteiger partial charge on any atom is 0.153 e. The fourth-order valence-corrected chi connectivity index (χ4v) is 2.63. The van der Waals surface area contributed by atoms with Crippen molar-refractivity contribution in [2.45, 2.75) is 6.61 Å². The van der Waals surface area contributed by atoms with Crippen molar-refractivity contribution in [2.75, 3.05) is 0 Å². The molecule has 0 fully saturated rings. The highest BCUT2D eigenvalue weighted by molar-refractivity contribution is 6.36. The summed E-state index contributed by atoms with van der Waals surface area (Å²) in [6, 6.07) is 13.0. The van der Waals surface area contributed by atoms with Gasteiger partial charge >= 0.3 is 0 Å². The van der Waals surface area contributed by atoms with Crippen LogP contribution in [0.25, 0.3) is 11.3 Å². The van der Waals surface area contributed by atoms with Crippen LogP contribution in [0.1, 0.15) is 15.9 Å². The molecule has 0 spiro atoms. The summed E-state index contributed by atoms with van der Waals surface area (Å²) in [7, 11) is 0. The number of benzene rings is 2. The van der Waals surface area contributed by atoms with Gasteiger partial charge in [0.2, 0.25) is 0 Å². The first-order valence-corrected chi connectivity index (χ1v) is 7.59. The van der Waals surface area contributed by atoms with Crippen molar-refractivity contribution < 1.29 is 9.53 Å². The molecule has 0 aliphatic rings. The molecule has 116 valence electrons. The van der Waals surface area contributed by atoms with E-state index < -0.39 is 0 Å². The first-order chi connectivity index (χ1) is 11.2. The van der Waals surface area contributed by atoms with E-state index in [4.69, 9.17) is 27.9 Å². The van der Waals surface area contributed by atoms with Crippen LogP contribution in [0, 0.1) is 0 Å². The van der Waals surface area contributed by atoms with E-state index in [1.807, 2.05) is 30.3 Å². The SMILES string of the molecule is O=Cc1cn[nH]c1-c1cc(Cl)c(OCc2ccccc2)cc1Cl. The van der Waals surface area contributed by atoms with Crippen molar-refractivity contribution in [1.82, 2.24) is 10.2 Å². The van der Waals surface area contributed by atoms with Crippen LogP contribution < -0.4 is 4.74 Å². The van der Waals surface area contributed by atoms with Crippen molar-refractivity contribution in [3.05, 3.63) is 69.8 Å². The van der Waals surface area contributed by atoms with E-state index in [0.717, 1.165) is 5.56 Å². The number of aromatic amines is 1. The quantitative estimate of drug-likeness (QED) is 0.676. The van der Waals surface area contributed by atoms with Crippen LogP contribution in [0.3, 0.4) is 0 Å². The minimum Gasteiger partial charge on any atom is -0.487 e. The summed E-state index contributed by atoms with van der Waals surface area (Å²) in [5, 5.41) is 7.43. The molecule has 1 aromatic heterocycles. The molecule has 0 unspecified atom stereocenters. The van der Waals surface area contributed by atoms with Gasteiger partial charge in [0.25, 0.3) is 0 Å². The Morgan fingerprint density at radius 2 is 1.91 bits per heavy atom. The molecule has 0 aliphatic carbocycles. The van der Waals surface area contributed by atoms with Gasteiger partial charge in [0, 0.05) is 11.6 Å². The number of aromatic nitrogens is 2. The first kappa shape index (κ1) is 15.6. The van der Waals surface area contributed by atoms with Gasteiger partial charge in [-0.2, -0.15) is 5.10 Å². The molecule has 0 bridgehead atoms. The van der Waals surface area contributed by atoms with Crippen LogP contribution in [0.4, 0.5) is 0 Å². The van der Waals surface area contributed by atoms with E-state index in [2.05, 4.69) is 10.2 Å². The second kappa shape index (κ2) is 6.86. The molecule has 0 radical (unpaired) electrons. The van der Waals surface area contributed by atoms with E-state index in [9.17, 15) is 4.79 Å². The predicted octanol–water partition coefficient (Wildman–Crippen LogP) is 4.78. The Hall–Kier alpha value is -2.30. The molecule has 1 heterocycles. The van der Waals surface area contributed by atoms with Crippen LogP contribution in [-0.2, 0) is 6.61 Å². The summed E-state index contributed by atoms with van der Waals surface area (Å²) in [6.45, 7) is 0.389. The molecule has 0 saturated carbocycles. The normalized spacial score (nSPS) is 10.5. The van der Waals surface area contributed by atoms with Gasteiger partial charge in [0.05, 0.1) is 27.5 Å². The van der Waals surface area contributed by atoms with Gasteiger partial charge in [-0.05, 0) is 11.6 Å². The largest absolute Gasteiger partial charge is 0.487 e. The maximum atomic E-state index is 11.0. The van der Waals surface area contributed by atoms with Crippen molar-refractivity contribution in [2.24, 2.45) is 0 Å².